The maximum absolute atomic E-state index is 12.9. The van der Waals surface area contributed by atoms with E-state index in [2.05, 4.69) is 0 Å². The van der Waals surface area contributed by atoms with Gasteiger partial charge in [0.2, 0.25) is 10.0 Å². The van der Waals surface area contributed by atoms with Crippen LogP contribution in [0.3, 0.4) is 0 Å². The second kappa shape index (κ2) is 6.95. The highest BCUT2D eigenvalue weighted by Gasteiger charge is 2.38. The standard InChI is InChI=1S/C12H15ClF3NO3S/c1-2-4-8(18)7-17-21(19,20)11-9(12(14,15)16)5-3-6-10(11)13/h3,5-6,8,17-18H,2,4,7H2,1H3. The van der Waals surface area contributed by atoms with Crippen LogP contribution < -0.4 is 4.72 Å². The van der Waals surface area contributed by atoms with Crippen LogP contribution in [0.1, 0.15) is 25.3 Å². The van der Waals surface area contributed by atoms with Gasteiger partial charge < -0.3 is 5.11 Å². The van der Waals surface area contributed by atoms with Gasteiger partial charge in [-0.25, -0.2) is 13.1 Å². The zero-order chi connectivity index (χ0) is 16.3. The normalized spacial score (nSPS) is 14.2. The number of nitrogens with one attached hydrogen (secondary N) is 1. The van der Waals surface area contributed by atoms with Crippen LogP contribution in [0.2, 0.25) is 5.02 Å². The van der Waals surface area contributed by atoms with Gasteiger partial charge in [0, 0.05) is 6.54 Å². The molecule has 9 heteroatoms. The van der Waals surface area contributed by atoms with Gasteiger partial charge in [0.05, 0.1) is 16.7 Å². The lowest BCUT2D eigenvalue weighted by molar-refractivity contribution is -0.139. The van der Waals surface area contributed by atoms with Crippen molar-refractivity contribution in [1.29, 1.82) is 0 Å². The lowest BCUT2D eigenvalue weighted by atomic mass is 10.2. The largest absolute Gasteiger partial charge is 0.417 e. The number of alkyl halides is 3. The number of sulfonamides is 1. The summed E-state index contributed by atoms with van der Waals surface area (Å²) in [6.07, 6.45) is -4.88. The molecule has 0 aliphatic carbocycles. The summed E-state index contributed by atoms with van der Waals surface area (Å²) in [6.45, 7) is 1.41. The van der Waals surface area contributed by atoms with Crippen molar-refractivity contribution in [2.75, 3.05) is 6.54 Å². The molecule has 0 fully saturated rings. The molecule has 120 valence electrons. The number of halogens is 4. The first-order chi connectivity index (χ1) is 9.59. The maximum atomic E-state index is 12.9. The Morgan fingerprint density at radius 1 is 1.38 bits per heavy atom. The van der Waals surface area contributed by atoms with Gasteiger partial charge in [-0.05, 0) is 18.6 Å². The van der Waals surface area contributed by atoms with Crippen molar-refractivity contribution in [2.24, 2.45) is 0 Å². The molecule has 0 saturated heterocycles. The SMILES string of the molecule is CCCC(O)CNS(=O)(=O)c1c(Cl)cccc1C(F)(F)F. The van der Waals surface area contributed by atoms with Gasteiger partial charge in [-0.3, -0.25) is 0 Å². The summed E-state index contributed by atoms with van der Waals surface area (Å²) >= 11 is 5.61. The predicted octanol–water partition coefficient (Wildman–Crippen LogP) is 2.80. The van der Waals surface area contributed by atoms with Crippen LogP contribution in [0.5, 0.6) is 0 Å². The Hall–Kier alpha value is -0.830. The second-order valence-electron chi connectivity index (χ2n) is 4.41. The van der Waals surface area contributed by atoms with Gasteiger partial charge in [0.15, 0.2) is 0 Å². The van der Waals surface area contributed by atoms with Crippen LogP contribution in [0.4, 0.5) is 13.2 Å². The molecule has 4 nitrogen and oxygen atoms in total. The lowest BCUT2D eigenvalue weighted by Gasteiger charge is -2.16. The monoisotopic (exact) mass is 345 g/mol. The smallest absolute Gasteiger partial charge is 0.392 e. The van der Waals surface area contributed by atoms with Gasteiger partial charge in [-0.1, -0.05) is 31.0 Å². The summed E-state index contributed by atoms with van der Waals surface area (Å²) in [5.41, 5.74) is -1.34. The molecule has 0 radical (unpaired) electrons. The lowest BCUT2D eigenvalue weighted by Crippen LogP contribution is -2.33. The third-order valence-electron chi connectivity index (χ3n) is 2.67. The minimum Gasteiger partial charge on any atom is -0.392 e. The topological polar surface area (TPSA) is 66.4 Å². The van der Waals surface area contributed by atoms with Gasteiger partial charge in [-0.15, -0.1) is 0 Å². The summed E-state index contributed by atoms with van der Waals surface area (Å²) in [7, 11) is -4.48. The molecule has 2 N–H and O–H groups in total. The summed E-state index contributed by atoms with van der Waals surface area (Å²) in [5.74, 6) is 0. The van der Waals surface area contributed by atoms with Gasteiger partial charge in [-0.2, -0.15) is 13.2 Å². The Morgan fingerprint density at radius 3 is 2.52 bits per heavy atom. The zero-order valence-electron chi connectivity index (χ0n) is 11.1. The van der Waals surface area contributed by atoms with Crippen molar-refractivity contribution in [1.82, 2.24) is 4.72 Å². The van der Waals surface area contributed by atoms with Crippen LogP contribution in [0.15, 0.2) is 23.1 Å². The number of hydrogen-bond donors (Lipinski definition) is 2. The van der Waals surface area contributed by atoms with Crippen LogP contribution in [-0.4, -0.2) is 26.2 Å². The van der Waals surface area contributed by atoms with E-state index in [-0.39, 0.29) is 6.54 Å². The fourth-order valence-corrected chi connectivity index (χ4v) is 3.55. The molecule has 0 aliphatic heterocycles. The number of benzene rings is 1. The molecule has 1 rings (SSSR count). The highest BCUT2D eigenvalue weighted by Crippen LogP contribution is 2.37. The van der Waals surface area contributed by atoms with E-state index in [1.165, 1.54) is 0 Å². The maximum Gasteiger partial charge on any atom is 0.417 e. The fraction of sp³-hybridized carbons (Fsp3) is 0.500. The second-order valence-corrected chi connectivity index (χ2v) is 6.52. The van der Waals surface area contributed by atoms with Crippen molar-refractivity contribution < 1.29 is 26.7 Å². The molecule has 0 spiro atoms. The minimum absolute atomic E-state index is 0.331. The Balaban J connectivity index is 3.14. The number of hydrogen-bond acceptors (Lipinski definition) is 3. The molecule has 0 amide bonds. The number of aliphatic hydroxyl groups excluding tert-OH is 1. The van der Waals surface area contributed by atoms with Gasteiger partial charge in [0.1, 0.15) is 4.90 Å². The molecule has 1 aromatic rings. The molecule has 0 aromatic heterocycles. The zero-order valence-corrected chi connectivity index (χ0v) is 12.7. The summed E-state index contributed by atoms with van der Waals surface area (Å²) in [6, 6.07) is 2.73. The van der Waals surface area contributed by atoms with Gasteiger partial charge >= 0.3 is 6.18 Å². The Bertz CT molecular complexity index is 590. The van der Waals surface area contributed by atoms with Crippen LogP contribution in [0.25, 0.3) is 0 Å². The minimum atomic E-state index is -4.85. The average molecular weight is 346 g/mol. The average Bonchev–Trinajstić information content (AvgIpc) is 2.35. The van der Waals surface area contributed by atoms with E-state index in [4.69, 9.17) is 11.6 Å². The molecule has 21 heavy (non-hydrogen) atoms. The molecular weight excluding hydrogens is 331 g/mol. The van der Waals surface area contributed by atoms with E-state index in [1.807, 2.05) is 4.72 Å². The highest BCUT2D eigenvalue weighted by molar-refractivity contribution is 7.89. The third-order valence-corrected chi connectivity index (χ3v) is 4.62. The van der Waals surface area contributed by atoms with Crippen molar-refractivity contribution in [2.45, 2.75) is 36.9 Å². The molecular formula is C12H15ClF3NO3S. The van der Waals surface area contributed by atoms with E-state index < -0.39 is 37.8 Å². The first-order valence-electron chi connectivity index (χ1n) is 6.13. The van der Waals surface area contributed by atoms with Crippen molar-refractivity contribution in [3.8, 4) is 0 Å². The van der Waals surface area contributed by atoms with E-state index in [1.54, 1.807) is 6.92 Å². The summed E-state index contributed by atoms with van der Waals surface area (Å²) < 4.78 is 64.6. The van der Waals surface area contributed by atoms with Crippen LogP contribution >= 0.6 is 11.6 Å². The molecule has 1 unspecified atom stereocenters. The number of rotatable bonds is 6. The fourth-order valence-electron chi connectivity index (χ4n) is 1.72. The molecule has 1 aromatic carbocycles. The molecule has 0 bridgehead atoms. The van der Waals surface area contributed by atoms with Crippen molar-refractivity contribution in [3.05, 3.63) is 28.8 Å². The predicted molar refractivity (Wildman–Crippen MR) is 72.6 cm³/mol. The highest BCUT2D eigenvalue weighted by atomic mass is 35.5. The van der Waals surface area contributed by atoms with E-state index in [0.717, 1.165) is 12.1 Å². The Labute approximate surface area is 126 Å². The molecule has 0 aliphatic rings. The van der Waals surface area contributed by atoms with E-state index >= 15 is 0 Å². The van der Waals surface area contributed by atoms with Crippen LogP contribution in [0, 0.1) is 0 Å². The van der Waals surface area contributed by atoms with Crippen molar-refractivity contribution >= 4 is 21.6 Å². The first-order valence-corrected chi connectivity index (χ1v) is 7.99. The number of aliphatic hydroxyl groups is 1. The van der Waals surface area contributed by atoms with Crippen molar-refractivity contribution in [3.63, 3.8) is 0 Å². The van der Waals surface area contributed by atoms with E-state index in [9.17, 15) is 26.7 Å². The first kappa shape index (κ1) is 18.2. The Kier molecular flexibility index (Phi) is 6.03. The summed E-state index contributed by atoms with van der Waals surface area (Å²) in [5, 5.41) is 8.95. The van der Waals surface area contributed by atoms with Gasteiger partial charge in [0.25, 0.3) is 0 Å². The quantitative estimate of drug-likeness (QED) is 0.833. The Morgan fingerprint density at radius 2 is 2.00 bits per heavy atom. The van der Waals surface area contributed by atoms with Crippen LogP contribution in [-0.2, 0) is 16.2 Å². The molecule has 1 atom stereocenters. The molecule has 0 heterocycles. The summed E-state index contributed by atoms with van der Waals surface area (Å²) in [4.78, 5) is -1.03. The third kappa shape index (κ3) is 4.84. The van der Waals surface area contributed by atoms with E-state index in [0.29, 0.717) is 18.9 Å². The molecule has 0 saturated carbocycles.